The third kappa shape index (κ3) is 2.95. The standard InChI is InChI=1S/C13H19NO2/c1-9(11-3-4-11)6-13(16)14-12-5-2-10(7-12)8-15/h2,5-6,10-12,15H,3-4,7-8H2,1H3,(H,14,16)/b9-6-/t10-,12+/m0/s1. The molecule has 88 valence electrons. The van der Waals surface area contributed by atoms with Crippen molar-refractivity contribution in [3.05, 3.63) is 23.8 Å². The summed E-state index contributed by atoms with van der Waals surface area (Å²) in [6.45, 7) is 2.19. The van der Waals surface area contributed by atoms with Gasteiger partial charge in [-0.2, -0.15) is 0 Å². The van der Waals surface area contributed by atoms with Crippen LogP contribution >= 0.6 is 0 Å². The topological polar surface area (TPSA) is 49.3 Å². The second-order valence-corrected chi connectivity index (χ2v) is 4.84. The van der Waals surface area contributed by atoms with Crippen LogP contribution in [0.1, 0.15) is 26.2 Å². The molecule has 3 nitrogen and oxygen atoms in total. The van der Waals surface area contributed by atoms with Crippen molar-refractivity contribution in [3.8, 4) is 0 Å². The molecule has 1 saturated carbocycles. The van der Waals surface area contributed by atoms with Gasteiger partial charge >= 0.3 is 0 Å². The Morgan fingerprint density at radius 3 is 2.81 bits per heavy atom. The van der Waals surface area contributed by atoms with Gasteiger partial charge in [0.15, 0.2) is 0 Å². The van der Waals surface area contributed by atoms with E-state index < -0.39 is 0 Å². The predicted octanol–water partition coefficient (Wildman–Crippen LogP) is 1.40. The molecular weight excluding hydrogens is 202 g/mol. The SMILES string of the molecule is C/C(=C/C(=O)N[C@@H]1C=C[C@H](CO)C1)C1CC1. The Balaban J connectivity index is 1.79. The van der Waals surface area contributed by atoms with Crippen LogP contribution in [0.5, 0.6) is 0 Å². The van der Waals surface area contributed by atoms with Crippen LogP contribution in [-0.2, 0) is 4.79 Å². The van der Waals surface area contributed by atoms with Crippen LogP contribution in [0, 0.1) is 11.8 Å². The summed E-state index contributed by atoms with van der Waals surface area (Å²) in [5.74, 6) is 0.853. The zero-order chi connectivity index (χ0) is 11.5. The van der Waals surface area contributed by atoms with E-state index in [1.165, 1.54) is 18.4 Å². The van der Waals surface area contributed by atoms with E-state index in [9.17, 15) is 4.79 Å². The number of aliphatic hydroxyl groups is 1. The summed E-state index contributed by atoms with van der Waals surface area (Å²) in [7, 11) is 0. The fourth-order valence-electron chi connectivity index (χ4n) is 2.10. The van der Waals surface area contributed by atoms with Crippen LogP contribution < -0.4 is 5.32 Å². The van der Waals surface area contributed by atoms with Gasteiger partial charge in [0.1, 0.15) is 0 Å². The number of amides is 1. The van der Waals surface area contributed by atoms with Gasteiger partial charge in [0, 0.05) is 24.6 Å². The Morgan fingerprint density at radius 2 is 2.25 bits per heavy atom. The first-order chi connectivity index (χ1) is 7.69. The molecule has 0 spiro atoms. The highest BCUT2D eigenvalue weighted by molar-refractivity contribution is 5.88. The summed E-state index contributed by atoms with van der Waals surface area (Å²) in [6, 6.07) is 0.0907. The lowest BCUT2D eigenvalue weighted by atomic mass is 10.1. The van der Waals surface area contributed by atoms with E-state index in [4.69, 9.17) is 5.11 Å². The maximum atomic E-state index is 11.7. The first kappa shape index (κ1) is 11.4. The van der Waals surface area contributed by atoms with Gasteiger partial charge in [-0.15, -0.1) is 0 Å². The van der Waals surface area contributed by atoms with Gasteiger partial charge < -0.3 is 10.4 Å². The average molecular weight is 221 g/mol. The van der Waals surface area contributed by atoms with E-state index in [-0.39, 0.29) is 24.5 Å². The Hall–Kier alpha value is -1.09. The van der Waals surface area contributed by atoms with Crippen molar-refractivity contribution < 1.29 is 9.90 Å². The van der Waals surface area contributed by atoms with E-state index in [1.54, 1.807) is 6.08 Å². The molecule has 2 N–H and O–H groups in total. The highest BCUT2D eigenvalue weighted by Crippen LogP contribution is 2.35. The second kappa shape index (κ2) is 4.83. The monoisotopic (exact) mass is 221 g/mol. The van der Waals surface area contributed by atoms with Crippen molar-refractivity contribution in [2.75, 3.05) is 6.61 Å². The summed E-state index contributed by atoms with van der Waals surface area (Å²) in [6.07, 6.45) is 8.94. The van der Waals surface area contributed by atoms with Crippen LogP contribution in [0.25, 0.3) is 0 Å². The second-order valence-electron chi connectivity index (χ2n) is 4.84. The van der Waals surface area contributed by atoms with Crippen molar-refractivity contribution in [2.24, 2.45) is 11.8 Å². The van der Waals surface area contributed by atoms with Crippen molar-refractivity contribution in [2.45, 2.75) is 32.2 Å². The summed E-state index contributed by atoms with van der Waals surface area (Å²) in [5, 5.41) is 11.9. The molecule has 0 unspecified atom stereocenters. The first-order valence-corrected chi connectivity index (χ1v) is 5.97. The van der Waals surface area contributed by atoms with Crippen LogP contribution in [0.15, 0.2) is 23.8 Å². The van der Waals surface area contributed by atoms with Crippen LogP contribution in [-0.4, -0.2) is 23.7 Å². The Bertz CT molecular complexity index is 329. The van der Waals surface area contributed by atoms with Crippen molar-refractivity contribution in [1.29, 1.82) is 0 Å². The van der Waals surface area contributed by atoms with Crippen molar-refractivity contribution in [3.63, 3.8) is 0 Å². The fourth-order valence-corrected chi connectivity index (χ4v) is 2.10. The van der Waals surface area contributed by atoms with Gasteiger partial charge in [-0.1, -0.05) is 17.7 Å². The molecule has 3 heteroatoms. The van der Waals surface area contributed by atoms with Crippen LogP contribution in [0.2, 0.25) is 0 Å². The minimum Gasteiger partial charge on any atom is -0.396 e. The van der Waals surface area contributed by atoms with Crippen molar-refractivity contribution in [1.82, 2.24) is 5.32 Å². The van der Waals surface area contributed by atoms with E-state index in [0.29, 0.717) is 5.92 Å². The van der Waals surface area contributed by atoms with Gasteiger partial charge in [0.05, 0.1) is 0 Å². The molecule has 1 amide bonds. The summed E-state index contributed by atoms with van der Waals surface area (Å²) < 4.78 is 0. The molecule has 0 bridgehead atoms. The minimum atomic E-state index is -0.00219. The Labute approximate surface area is 96.2 Å². The molecule has 16 heavy (non-hydrogen) atoms. The molecule has 0 radical (unpaired) electrons. The maximum Gasteiger partial charge on any atom is 0.244 e. The van der Waals surface area contributed by atoms with Crippen molar-refractivity contribution >= 4 is 5.91 Å². The highest BCUT2D eigenvalue weighted by atomic mass is 16.3. The molecule has 0 heterocycles. The smallest absolute Gasteiger partial charge is 0.244 e. The highest BCUT2D eigenvalue weighted by Gasteiger charge is 2.24. The predicted molar refractivity (Wildman–Crippen MR) is 62.7 cm³/mol. The van der Waals surface area contributed by atoms with Gasteiger partial charge in [-0.05, 0) is 32.1 Å². The van der Waals surface area contributed by atoms with Gasteiger partial charge in [0.25, 0.3) is 0 Å². The molecule has 0 aliphatic heterocycles. The molecule has 0 saturated heterocycles. The molecule has 2 aliphatic carbocycles. The zero-order valence-corrected chi connectivity index (χ0v) is 9.65. The number of hydrogen-bond acceptors (Lipinski definition) is 2. The maximum absolute atomic E-state index is 11.7. The number of carbonyl (C=O) groups excluding carboxylic acids is 1. The minimum absolute atomic E-state index is 0.00219. The van der Waals surface area contributed by atoms with Gasteiger partial charge in [-0.3, -0.25) is 4.79 Å². The first-order valence-electron chi connectivity index (χ1n) is 5.97. The summed E-state index contributed by atoms with van der Waals surface area (Å²) >= 11 is 0. The zero-order valence-electron chi connectivity index (χ0n) is 9.65. The van der Waals surface area contributed by atoms with E-state index in [2.05, 4.69) is 5.32 Å². The Morgan fingerprint density at radius 1 is 1.50 bits per heavy atom. The molecule has 2 atom stereocenters. The molecule has 1 fully saturated rings. The van der Waals surface area contributed by atoms with E-state index in [0.717, 1.165) is 6.42 Å². The third-order valence-electron chi connectivity index (χ3n) is 3.31. The third-order valence-corrected chi connectivity index (χ3v) is 3.31. The lowest BCUT2D eigenvalue weighted by Gasteiger charge is -2.11. The molecule has 0 aromatic carbocycles. The van der Waals surface area contributed by atoms with Gasteiger partial charge in [0.2, 0.25) is 5.91 Å². The molecular formula is C13H19NO2. The van der Waals surface area contributed by atoms with Crippen LogP contribution in [0.3, 0.4) is 0 Å². The molecule has 0 aromatic heterocycles. The van der Waals surface area contributed by atoms with E-state index >= 15 is 0 Å². The number of aliphatic hydroxyl groups excluding tert-OH is 1. The summed E-state index contributed by atoms with van der Waals surface area (Å²) in [4.78, 5) is 11.7. The fraction of sp³-hybridized carbons (Fsp3) is 0.615. The largest absolute Gasteiger partial charge is 0.396 e. The Kier molecular flexibility index (Phi) is 3.44. The average Bonchev–Trinajstić information content (AvgIpc) is 3.00. The number of rotatable bonds is 4. The normalized spacial score (nSPS) is 29.5. The number of carbonyl (C=O) groups is 1. The number of hydrogen-bond donors (Lipinski definition) is 2. The van der Waals surface area contributed by atoms with E-state index in [1.807, 2.05) is 19.1 Å². The summed E-state index contributed by atoms with van der Waals surface area (Å²) in [5.41, 5.74) is 1.19. The molecule has 0 aromatic rings. The number of nitrogens with one attached hydrogen (secondary N) is 1. The lowest BCUT2D eigenvalue weighted by Crippen LogP contribution is -2.31. The number of allylic oxidation sites excluding steroid dienone is 1. The van der Waals surface area contributed by atoms with Gasteiger partial charge in [-0.25, -0.2) is 0 Å². The van der Waals surface area contributed by atoms with Crippen LogP contribution in [0.4, 0.5) is 0 Å². The molecule has 2 aliphatic rings. The molecule has 2 rings (SSSR count). The lowest BCUT2D eigenvalue weighted by molar-refractivity contribution is -0.117. The quantitative estimate of drug-likeness (QED) is 0.557.